The van der Waals surface area contributed by atoms with Gasteiger partial charge < -0.3 is 0 Å². The molecule has 2 aliphatic rings. The Balaban J connectivity index is 1.68. The highest BCUT2D eigenvalue weighted by molar-refractivity contribution is 5.60. The fourth-order valence-electron chi connectivity index (χ4n) is 4.25. The van der Waals surface area contributed by atoms with Crippen LogP contribution in [0.3, 0.4) is 0 Å². The first-order valence-corrected chi connectivity index (χ1v) is 10.8. The Morgan fingerprint density at radius 2 is 1.86 bits per heavy atom. The average Bonchev–Trinajstić information content (AvgIpc) is 2.73. The van der Waals surface area contributed by atoms with E-state index in [1.54, 1.807) is 5.57 Å². The van der Waals surface area contributed by atoms with Crippen LogP contribution in [-0.4, -0.2) is 27.7 Å². The van der Waals surface area contributed by atoms with Gasteiger partial charge in [0.15, 0.2) is 0 Å². The van der Waals surface area contributed by atoms with Gasteiger partial charge in [0, 0.05) is 23.5 Å². The molecule has 0 saturated heterocycles. The summed E-state index contributed by atoms with van der Waals surface area (Å²) in [6, 6.07) is 6.50. The second-order valence-electron chi connectivity index (χ2n) is 8.59. The first kappa shape index (κ1) is 19.9. The number of anilines is 2. The summed E-state index contributed by atoms with van der Waals surface area (Å²) in [7, 11) is 0. The van der Waals surface area contributed by atoms with Crippen molar-refractivity contribution in [2.45, 2.75) is 66.5 Å². The Bertz CT molecular complexity index is 1000. The zero-order valence-electron chi connectivity index (χ0n) is 18.2. The largest absolute Gasteiger partial charge is 0.298 e. The van der Waals surface area contributed by atoms with Crippen molar-refractivity contribution >= 4 is 11.6 Å². The maximum atomic E-state index is 13.0. The van der Waals surface area contributed by atoms with Crippen molar-refractivity contribution in [1.82, 2.24) is 14.5 Å². The van der Waals surface area contributed by atoms with Crippen LogP contribution in [0.15, 0.2) is 34.6 Å². The molecule has 0 atom stereocenters. The molecule has 4 rings (SSSR count). The van der Waals surface area contributed by atoms with Gasteiger partial charge >= 0.3 is 0 Å². The zero-order chi connectivity index (χ0) is 20.5. The van der Waals surface area contributed by atoms with Gasteiger partial charge in [0.25, 0.3) is 5.56 Å². The number of hydrogen-bond donors (Lipinski definition) is 0. The number of benzene rings is 1. The lowest BCUT2D eigenvalue weighted by molar-refractivity contribution is 0.199. The second kappa shape index (κ2) is 8.15. The molecule has 5 nitrogen and oxygen atoms in total. The van der Waals surface area contributed by atoms with E-state index in [1.165, 1.54) is 36.8 Å². The lowest BCUT2D eigenvalue weighted by Gasteiger charge is -2.38. The van der Waals surface area contributed by atoms with Gasteiger partial charge in [-0.05, 0) is 83.1 Å². The number of hydrogen-bond acceptors (Lipinski definition) is 4. The highest BCUT2D eigenvalue weighted by Gasteiger charge is 2.27. The Hall–Kier alpha value is -2.40. The van der Waals surface area contributed by atoms with Crippen molar-refractivity contribution in [2.24, 2.45) is 0 Å². The minimum absolute atomic E-state index is 0.0721. The van der Waals surface area contributed by atoms with E-state index in [0.717, 1.165) is 42.5 Å². The normalized spacial score (nSPS) is 17.2. The van der Waals surface area contributed by atoms with Crippen LogP contribution in [0.25, 0.3) is 0 Å². The third-order valence-electron chi connectivity index (χ3n) is 6.48. The summed E-state index contributed by atoms with van der Waals surface area (Å²) >= 11 is 0. The summed E-state index contributed by atoms with van der Waals surface area (Å²) in [6.07, 6.45) is 8.58. The minimum atomic E-state index is 0.0721. The summed E-state index contributed by atoms with van der Waals surface area (Å²) in [6.45, 7) is 10.4. The third kappa shape index (κ3) is 4.01. The van der Waals surface area contributed by atoms with Gasteiger partial charge in [-0.15, -0.1) is 0 Å². The topological polar surface area (TPSA) is 41.4 Å². The van der Waals surface area contributed by atoms with Gasteiger partial charge in [0.1, 0.15) is 0 Å². The standard InChI is InChI=1S/C24H32N4O/c1-17-10-11-22(14-18(17)2)27-15-26(13-12-21-8-6-5-7-9-21)16-28-23(29)19(3)20(4)25-24(27)28/h8,10-11,14H,5-7,9,12-13,15-16H2,1-4H3. The number of nitrogens with zero attached hydrogens (tertiary/aromatic N) is 4. The third-order valence-corrected chi connectivity index (χ3v) is 6.48. The van der Waals surface area contributed by atoms with E-state index in [9.17, 15) is 4.79 Å². The molecule has 1 aromatic heterocycles. The van der Waals surface area contributed by atoms with Gasteiger partial charge in [0.2, 0.25) is 5.95 Å². The van der Waals surface area contributed by atoms with Crippen LogP contribution in [0.2, 0.25) is 0 Å². The Labute approximate surface area is 173 Å². The molecule has 1 aliphatic carbocycles. The predicted molar refractivity (Wildman–Crippen MR) is 119 cm³/mol. The van der Waals surface area contributed by atoms with Gasteiger partial charge in [0.05, 0.1) is 13.3 Å². The quantitative estimate of drug-likeness (QED) is 0.705. The summed E-state index contributed by atoms with van der Waals surface area (Å²) in [4.78, 5) is 22.4. The van der Waals surface area contributed by atoms with E-state index >= 15 is 0 Å². The molecule has 1 aromatic carbocycles. The van der Waals surface area contributed by atoms with Crippen LogP contribution in [0.4, 0.5) is 11.6 Å². The Morgan fingerprint density at radius 3 is 2.59 bits per heavy atom. The molecule has 0 saturated carbocycles. The molecule has 29 heavy (non-hydrogen) atoms. The van der Waals surface area contributed by atoms with Crippen molar-refractivity contribution in [3.63, 3.8) is 0 Å². The molecule has 0 amide bonds. The first-order chi connectivity index (χ1) is 13.9. The van der Waals surface area contributed by atoms with Crippen molar-refractivity contribution < 1.29 is 0 Å². The SMILES string of the molecule is Cc1ccc(N2CN(CCC3=CCCCC3)Cn3c2nc(C)c(C)c3=O)cc1C. The minimum Gasteiger partial charge on any atom is -0.298 e. The number of allylic oxidation sites excluding steroid dienone is 1. The summed E-state index contributed by atoms with van der Waals surface area (Å²) in [5, 5.41) is 0. The van der Waals surface area contributed by atoms with E-state index in [0.29, 0.717) is 6.67 Å². The van der Waals surface area contributed by atoms with E-state index in [2.05, 4.69) is 47.9 Å². The first-order valence-electron chi connectivity index (χ1n) is 10.8. The molecule has 154 valence electrons. The molecule has 1 aliphatic heterocycles. The predicted octanol–water partition coefficient (Wildman–Crippen LogP) is 4.74. The fourth-order valence-corrected chi connectivity index (χ4v) is 4.25. The summed E-state index contributed by atoms with van der Waals surface area (Å²) in [5.41, 5.74) is 6.83. The number of aromatic nitrogens is 2. The van der Waals surface area contributed by atoms with Crippen LogP contribution >= 0.6 is 0 Å². The maximum Gasteiger partial charge on any atom is 0.259 e. The van der Waals surface area contributed by atoms with Gasteiger partial charge in [-0.1, -0.05) is 17.7 Å². The van der Waals surface area contributed by atoms with Gasteiger partial charge in [-0.25, -0.2) is 4.98 Å². The number of fused-ring (bicyclic) bond motifs is 1. The van der Waals surface area contributed by atoms with Crippen LogP contribution in [-0.2, 0) is 6.67 Å². The molecule has 0 bridgehead atoms. The zero-order valence-corrected chi connectivity index (χ0v) is 18.2. The number of aryl methyl sites for hydroxylation is 3. The molecule has 0 unspecified atom stereocenters. The van der Waals surface area contributed by atoms with Crippen molar-refractivity contribution in [3.05, 3.63) is 62.6 Å². The van der Waals surface area contributed by atoms with Crippen LogP contribution < -0.4 is 10.5 Å². The van der Waals surface area contributed by atoms with E-state index in [-0.39, 0.29) is 5.56 Å². The smallest absolute Gasteiger partial charge is 0.259 e. The molecule has 2 aromatic rings. The van der Waals surface area contributed by atoms with Crippen LogP contribution in [0.5, 0.6) is 0 Å². The molecule has 5 heteroatoms. The second-order valence-corrected chi connectivity index (χ2v) is 8.59. The average molecular weight is 393 g/mol. The highest BCUT2D eigenvalue weighted by Crippen LogP contribution is 2.29. The number of rotatable bonds is 4. The molecule has 0 spiro atoms. The van der Waals surface area contributed by atoms with Crippen molar-refractivity contribution in [1.29, 1.82) is 0 Å². The van der Waals surface area contributed by atoms with E-state index in [1.807, 2.05) is 18.4 Å². The van der Waals surface area contributed by atoms with Crippen LogP contribution in [0.1, 0.15) is 54.5 Å². The summed E-state index contributed by atoms with van der Waals surface area (Å²) in [5.74, 6) is 0.759. The van der Waals surface area contributed by atoms with E-state index in [4.69, 9.17) is 4.98 Å². The molecule has 0 N–H and O–H groups in total. The van der Waals surface area contributed by atoms with Gasteiger partial charge in [-0.3, -0.25) is 19.2 Å². The molecule has 2 heterocycles. The molecular formula is C24H32N4O. The highest BCUT2D eigenvalue weighted by atomic mass is 16.1. The Morgan fingerprint density at radius 1 is 1.03 bits per heavy atom. The molecule has 0 fully saturated rings. The fraction of sp³-hybridized carbons (Fsp3) is 0.500. The Kier molecular flexibility index (Phi) is 5.59. The summed E-state index contributed by atoms with van der Waals surface area (Å²) < 4.78 is 1.84. The van der Waals surface area contributed by atoms with Crippen LogP contribution in [0, 0.1) is 27.7 Å². The maximum absolute atomic E-state index is 13.0. The van der Waals surface area contributed by atoms with E-state index < -0.39 is 0 Å². The molecular weight excluding hydrogens is 360 g/mol. The van der Waals surface area contributed by atoms with Gasteiger partial charge in [-0.2, -0.15) is 0 Å². The molecule has 0 radical (unpaired) electrons. The lowest BCUT2D eigenvalue weighted by Crippen LogP contribution is -2.48. The van der Waals surface area contributed by atoms with Crippen molar-refractivity contribution in [3.8, 4) is 0 Å². The monoisotopic (exact) mass is 392 g/mol. The lowest BCUT2D eigenvalue weighted by atomic mass is 9.97. The van der Waals surface area contributed by atoms with Crippen molar-refractivity contribution in [2.75, 3.05) is 18.1 Å².